The zero-order valence-corrected chi connectivity index (χ0v) is 14.9. The highest BCUT2D eigenvalue weighted by atomic mass is 32.2. The quantitative estimate of drug-likeness (QED) is 0.644. The first-order valence-electron chi connectivity index (χ1n) is 7.67. The van der Waals surface area contributed by atoms with Gasteiger partial charge in [-0.15, -0.1) is 0 Å². The van der Waals surface area contributed by atoms with Crippen molar-refractivity contribution >= 4 is 27.5 Å². The number of hydrogen-bond acceptors (Lipinski definition) is 5. The number of rotatable bonds is 6. The van der Waals surface area contributed by atoms with Crippen molar-refractivity contribution in [3.05, 3.63) is 40.8 Å². The van der Waals surface area contributed by atoms with Gasteiger partial charge in [0.15, 0.2) is 9.84 Å². The summed E-state index contributed by atoms with van der Waals surface area (Å²) in [6.07, 6.45) is 1.44. The van der Waals surface area contributed by atoms with Crippen molar-refractivity contribution in [2.75, 3.05) is 31.3 Å². The number of carbonyl (C=O) groups excluding carboxylic acids is 2. The van der Waals surface area contributed by atoms with Crippen molar-refractivity contribution in [2.24, 2.45) is 0 Å². The van der Waals surface area contributed by atoms with Crippen LogP contribution in [0.1, 0.15) is 15.9 Å². The van der Waals surface area contributed by atoms with Gasteiger partial charge in [-0.25, -0.2) is 13.2 Å². The molecule has 25 heavy (non-hydrogen) atoms. The third-order valence-corrected chi connectivity index (χ3v) is 4.97. The lowest BCUT2D eigenvalue weighted by Gasteiger charge is -2.13. The molecular formula is C16H21N3O5S. The van der Waals surface area contributed by atoms with E-state index in [-0.39, 0.29) is 11.7 Å². The number of methoxy groups -OCH3 is 1. The number of hydrogen-bond donors (Lipinski definition) is 3. The summed E-state index contributed by atoms with van der Waals surface area (Å²) in [4.78, 5) is 23.9. The van der Waals surface area contributed by atoms with Crippen LogP contribution in [0.3, 0.4) is 0 Å². The Balaban J connectivity index is 1.93. The molecule has 1 heterocycles. The summed E-state index contributed by atoms with van der Waals surface area (Å²) < 4.78 is 27.5. The van der Waals surface area contributed by atoms with Crippen molar-refractivity contribution in [1.82, 2.24) is 10.6 Å². The SMILES string of the molecule is COCCNC(=O)c1ccc(NC(=O)N[C@@H]2C=CS(=O)(=O)C2)c(C)c1. The van der Waals surface area contributed by atoms with E-state index in [1.165, 1.54) is 6.08 Å². The molecule has 1 aliphatic heterocycles. The lowest BCUT2D eigenvalue weighted by molar-refractivity contribution is 0.0937. The topological polar surface area (TPSA) is 114 Å². The standard InChI is InChI=1S/C16H21N3O5S/c1-11-9-12(15(20)17-6-7-24-2)3-4-14(11)19-16(21)18-13-5-8-25(22,23)10-13/h3-5,8-9,13H,6-7,10H2,1-2H3,(H,17,20)(H2,18,19,21)/t13-/m1/s1. The van der Waals surface area contributed by atoms with Gasteiger partial charge in [-0.1, -0.05) is 0 Å². The molecule has 3 amide bonds. The van der Waals surface area contributed by atoms with E-state index in [0.29, 0.717) is 30.0 Å². The lowest BCUT2D eigenvalue weighted by atomic mass is 10.1. The monoisotopic (exact) mass is 367 g/mol. The molecule has 0 radical (unpaired) electrons. The minimum atomic E-state index is -3.22. The third-order valence-electron chi connectivity index (χ3n) is 3.58. The highest BCUT2D eigenvalue weighted by Crippen LogP contribution is 2.17. The number of anilines is 1. The van der Waals surface area contributed by atoms with Crippen molar-refractivity contribution in [3.63, 3.8) is 0 Å². The molecule has 0 unspecified atom stereocenters. The van der Waals surface area contributed by atoms with Gasteiger partial charge in [0, 0.05) is 30.3 Å². The molecule has 0 fully saturated rings. The molecule has 1 aromatic rings. The van der Waals surface area contributed by atoms with E-state index < -0.39 is 21.9 Å². The molecule has 1 aromatic carbocycles. The molecule has 1 aliphatic rings. The molecule has 8 nitrogen and oxygen atoms in total. The van der Waals surface area contributed by atoms with Gasteiger partial charge in [0.05, 0.1) is 18.4 Å². The van der Waals surface area contributed by atoms with Crippen LogP contribution < -0.4 is 16.0 Å². The van der Waals surface area contributed by atoms with Crippen LogP contribution in [0.25, 0.3) is 0 Å². The average molecular weight is 367 g/mol. The molecule has 0 aromatic heterocycles. The maximum Gasteiger partial charge on any atom is 0.319 e. The summed E-state index contributed by atoms with van der Waals surface area (Å²) in [7, 11) is -1.67. The molecule has 9 heteroatoms. The fraction of sp³-hybridized carbons (Fsp3) is 0.375. The van der Waals surface area contributed by atoms with Crippen LogP contribution in [-0.4, -0.2) is 52.4 Å². The second-order valence-corrected chi connectivity index (χ2v) is 7.57. The zero-order chi connectivity index (χ0) is 18.4. The Morgan fingerprint density at radius 1 is 1.32 bits per heavy atom. The normalized spacial score (nSPS) is 17.9. The Kier molecular flexibility index (Phi) is 6.16. The molecule has 2 rings (SSSR count). The van der Waals surface area contributed by atoms with Crippen LogP contribution in [0, 0.1) is 6.92 Å². The molecule has 1 atom stereocenters. The summed E-state index contributed by atoms with van der Waals surface area (Å²) in [6, 6.07) is 3.84. The van der Waals surface area contributed by atoms with Crippen molar-refractivity contribution in [1.29, 1.82) is 0 Å². The smallest absolute Gasteiger partial charge is 0.319 e. The predicted octanol–water partition coefficient (Wildman–Crippen LogP) is 0.803. The minimum absolute atomic E-state index is 0.139. The fourth-order valence-electron chi connectivity index (χ4n) is 2.31. The van der Waals surface area contributed by atoms with E-state index in [2.05, 4.69) is 16.0 Å². The van der Waals surface area contributed by atoms with E-state index >= 15 is 0 Å². The minimum Gasteiger partial charge on any atom is -0.383 e. The highest BCUT2D eigenvalue weighted by Gasteiger charge is 2.23. The van der Waals surface area contributed by atoms with E-state index in [4.69, 9.17) is 4.74 Å². The van der Waals surface area contributed by atoms with E-state index in [9.17, 15) is 18.0 Å². The maximum absolute atomic E-state index is 12.0. The summed E-state index contributed by atoms with van der Waals surface area (Å²) in [6.45, 7) is 2.60. The first kappa shape index (κ1) is 18.9. The maximum atomic E-state index is 12.0. The van der Waals surface area contributed by atoms with Gasteiger partial charge in [0.25, 0.3) is 5.91 Å². The van der Waals surface area contributed by atoms with E-state index in [1.54, 1.807) is 32.2 Å². The summed E-state index contributed by atoms with van der Waals surface area (Å²) in [5.41, 5.74) is 1.73. The van der Waals surface area contributed by atoms with Crippen molar-refractivity contribution in [3.8, 4) is 0 Å². The molecule has 0 saturated carbocycles. The van der Waals surface area contributed by atoms with E-state index in [0.717, 1.165) is 5.41 Å². The van der Waals surface area contributed by atoms with Gasteiger partial charge in [-0.3, -0.25) is 4.79 Å². The number of ether oxygens (including phenoxy) is 1. The zero-order valence-electron chi connectivity index (χ0n) is 14.0. The summed E-state index contributed by atoms with van der Waals surface area (Å²) >= 11 is 0. The van der Waals surface area contributed by atoms with Gasteiger partial charge in [-0.2, -0.15) is 0 Å². The van der Waals surface area contributed by atoms with Crippen molar-refractivity contribution in [2.45, 2.75) is 13.0 Å². The second kappa shape index (κ2) is 8.13. The van der Waals surface area contributed by atoms with E-state index in [1.807, 2.05) is 0 Å². The van der Waals surface area contributed by atoms with Crippen LogP contribution in [0.4, 0.5) is 10.5 Å². The fourth-order valence-corrected chi connectivity index (χ4v) is 3.54. The van der Waals surface area contributed by atoms with Gasteiger partial charge in [0.2, 0.25) is 0 Å². The molecule has 0 saturated heterocycles. The van der Waals surface area contributed by atoms with Gasteiger partial charge in [0.1, 0.15) is 0 Å². The Labute approximate surface area is 146 Å². The average Bonchev–Trinajstić information content (AvgIpc) is 2.88. The van der Waals surface area contributed by atoms with Crippen molar-refractivity contribution < 1.29 is 22.7 Å². The Bertz CT molecular complexity index is 789. The number of aryl methyl sites for hydroxylation is 1. The second-order valence-electron chi connectivity index (χ2n) is 5.64. The van der Waals surface area contributed by atoms with Gasteiger partial charge < -0.3 is 20.7 Å². The molecule has 0 spiro atoms. The Hall–Kier alpha value is -2.39. The lowest BCUT2D eigenvalue weighted by Crippen LogP contribution is -2.38. The Morgan fingerprint density at radius 3 is 2.68 bits per heavy atom. The molecular weight excluding hydrogens is 346 g/mol. The summed E-state index contributed by atoms with van der Waals surface area (Å²) in [5.74, 6) is -0.363. The number of carbonyl (C=O) groups is 2. The molecule has 0 bridgehead atoms. The number of nitrogens with one attached hydrogen (secondary N) is 3. The number of amides is 3. The molecule has 3 N–H and O–H groups in total. The third kappa shape index (κ3) is 5.57. The predicted molar refractivity (Wildman–Crippen MR) is 94.3 cm³/mol. The highest BCUT2D eigenvalue weighted by molar-refractivity contribution is 7.94. The largest absolute Gasteiger partial charge is 0.383 e. The van der Waals surface area contributed by atoms with Gasteiger partial charge >= 0.3 is 6.03 Å². The first-order valence-corrected chi connectivity index (χ1v) is 9.38. The molecule has 136 valence electrons. The first-order chi connectivity index (χ1) is 11.8. The number of sulfone groups is 1. The van der Waals surface area contributed by atoms with Crippen LogP contribution in [0.15, 0.2) is 29.7 Å². The number of benzene rings is 1. The number of urea groups is 1. The van der Waals surface area contributed by atoms with Crippen LogP contribution >= 0.6 is 0 Å². The van der Waals surface area contributed by atoms with Crippen LogP contribution in [0.5, 0.6) is 0 Å². The Morgan fingerprint density at radius 2 is 2.08 bits per heavy atom. The van der Waals surface area contributed by atoms with Crippen LogP contribution in [0.2, 0.25) is 0 Å². The van der Waals surface area contributed by atoms with Crippen LogP contribution in [-0.2, 0) is 14.6 Å². The van der Waals surface area contributed by atoms with Gasteiger partial charge in [-0.05, 0) is 36.8 Å². The summed E-state index contributed by atoms with van der Waals surface area (Å²) in [5, 5.41) is 9.04. The molecule has 0 aliphatic carbocycles.